The molecule has 1 aromatic carbocycles. The van der Waals surface area contributed by atoms with Crippen molar-refractivity contribution < 1.29 is 13.6 Å². The van der Waals surface area contributed by atoms with Crippen LogP contribution in [-0.2, 0) is 4.79 Å². The molecule has 0 aromatic heterocycles. The number of amides is 1. The molecule has 2 atom stereocenters. The van der Waals surface area contributed by atoms with Gasteiger partial charge in [-0.2, -0.15) is 0 Å². The number of rotatable bonds is 3. The summed E-state index contributed by atoms with van der Waals surface area (Å²) >= 11 is 0. The summed E-state index contributed by atoms with van der Waals surface area (Å²) in [5, 5.41) is 6.05. The van der Waals surface area contributed by atoms with Crippen LogP contribution in [0.15, 0.2) is 18.2 Å². The summed E-state index contributed by atoms with van der Waals surface area (Å²) in [6.45, 7) is 1.95. The minimum atomic E-state index is -0.750. The number of nitrogens with one attached hydrogen (secondary N) is 2. The fourth-order valence-electron chi connectivity index (χ4n) is 3.14. The van der Waals surface area contributed by atoms with Gasteiger partial charge in [-0.3, -0.25) is 9.69 Å². The lowest BCUT2D eigenvalue weighted by molar-refractivity contribution is -0.117. The Hall–Kier alpha value is -1.24. The van der Waals surface area contributed by atoms with Gasteiger partial charge in [-0.25, -0.2) is 8.78 Å². The Labute approximate surface area is 134 Å². The predicted octanol–water partition coefficient (Wildman–Crippen LogP) is 2.15. The average Bonchev–Trinajstić information content (AvgIpc) is 2.76. The number of anilines is 1. The van der Waals surface area contributed by atoms with Gasteiger partial charge in [0.15, 0.2) is 0 Å². The normalized spacial score (nSPS) is 24.5. The first-order valence-corrected chi connectivity index (χ1v) is 7.33. The molecular formula is C15H20ClF2N3O. The highest BCUT2D eigenvalue weighted by atomic mass is 35.5. The van der Waals surface area contributed by atoms with Gasteiger partial charge >= 0.3 is 0 Å². The molecule has 2 saturated heterocycles. The van der Waals surface area contributed by atoms with Crippen LogP contribution in [0.4, 0.5) is 14.5 Å². The Morgan fingerprint density at radius 1 is 1.27 bits per heavy atom. The Morgan fingerprint density at radius 2 is 2.05 bits per heavy atom. The quantitative estimate of drug-likeness (QED) is 0.892. The third-order valence-corrected chi connectivity index (χ3v) is 4.18. The molecule has 1 aromatic rings. The smallest absolute Gasteiger partial charge is 0.238 e. The molecule has 2 fully saturated rings. The summed E-state index contributed by atoms with van der Waals surface area (Å²) in [6, 6.07) is 4.16. The lowest BCUT2D eigenvalue weighted by atomic mass is 10.1. The summed E-state index contributed by atoms with van der Waals surface area (Å²) in [6.07, 6.45) is 3.40. The standard InChI is InChI=1S/C15H19F2N3O.ClH/c16-10-1-4-14(13(17)7-10)19-15(21)9-20-6-5-11-2-3-12(8-20)18-11;/h1,4,7,11-12,18H,2-3,5-6,8-9H2,(H,19,21);1H. The summed E-state index contributed by atoms with van der Waals surface area (Å²) in [4.78, 5) is 14.1. The topological polar surface area (TPSA) is 44.4 Å². The number of fused-ring (bicyclic) bond motifs is 2. The van der Waals surface area contributed by atoms with Crippen LogP contribution in [-0.4, -0.2) is 42.5 Å². The molecule has 22 heavy (non-hydrogen) atoms. The highest BCUT2D eigenvalue weighted by molar-refractivity contribution is 5.92. The van der Waals surface area contributed by atoms with Crippen molar-refractivity contribution in [2.75, 3.05) is 25.0 Å². The van der Waals surface area contributed by atoms with Gasteiger partial charge in [-0.05, 0) is 31.4 Å². The van der Waals surface area contributed by atoms with Crippen molar-refractivity contribution in [2.45, 2.75) is 31.3 Å². The van der Waals surface area contributed by atoms with E-state index < -0.39 is 11.6 Å². The van der Waals surface area contributed by atoms with E-state index >= 15 is 0 Å². The Kier molecular flexibility index (Phi) is 5.72. The van der Waals surface area contributed by atoms with E-state index in [2.05, 4.69) is 15.5 Å². The fraction of sp³-hybridized carbons (Fsp3) is 0.533. The first kappa shape index (κ1) is 17.1. The van der Waals surface area contributed by atoms with Crippen LogP contribution in [0.3, 0.4) is 0 Å². The van der Waals surface area contributed by atoms with Crippen LogP contribution in [0, 0.1) is 11.6 Å². The van der Waals surface area contributed by atoms with Crippen LogP contribution < -0.4 is 10.6 Å². The fourth-order valence-corrected chi connectivity index (χ4v) is 3.14. The van der Waals surface area contributed by atoms with Crippen molar-refractivity contribution in [3.63, 3.8) is 0 Å². The Morgan fingerprint density at radius 3 is 2.82 bits per heavy atom. The number of hydrogen-bond donors (Lipinski definition) is 2. The van der Waals surface area contributed by atoms with E-state index in [9.17, 15) is 13.6 Å². The van der Waals surface area contributed by atoms with Crippen molar-refractivity contribution in [2.24, 2.45) is 0 Å². The highest BCUT2D eigenvalue weighted by Gasteiger charge is 2.29. The van der Waals surface area contributed by atoms with Crippen molar-refractivity contribution in [3.8, 4) is 0 Å². The molecule has 122 valence electrons. The van der Waals surface area contributed by atoms with Gasteiger partial charge in [0.1, 0.15) is 11.6 Å². The molecule has 0 aliphatic carbocycles. The Bertz CT molecular complexity index is 544. The largest absolute Gasteiger partial charge is 0.322 e. The second-order valence-corrected chi connectivity index (χ2v) is 5.83. The number of hydrogen-bond acceptors (Lipinski definition) is 3. The number of likely N-dealkylation sites (tertiary alicyclic amines) is 1. The molecule has 0 radical (unpaired) electrons. The summed E-state index contributed by atoms with van der Waals surface area (Å²) in [7, 11) is 0. The second-order valence-electron chi connectivity index (χ2n) is 5.83. The molecule has 0 spiro atoms. The predicted molar refractivity (Wildman–Crippen MR) is 83.2 cm³/mol. The molecule has 3 rings (SSSR count). The van der Waals surface area contributed by atoms with Crippen molar-refractivity contribution in [1.82, 2.24) is 10.2 Å². The van der Waals surface area contributed by atoms with Gasteiger partial charge in [0.2, 0.25) is 5.91 Å². The van der Waals surface area contributed by atoms with Crippen LogP contribution in [0.2, 0.25) is 0 Å². The average molecular weight is 332 g/mol. The number of halogens is 3. The molecule has 1 amide bonds. The molecule has 4 nitrogen and oxygen atoms in total. The minimum absolute atomic E-state index is 0. The monoisotopic (exact) mass is 331 g/mol. The van der Waals surface area contributed by atoms with Gasteiger partial charge < -0.3 is 10.6 Å². The Balaban J connectivity index is 0.00000176. The molecule has 2 aliphatic heterocycles. The first-order valence-electron chi connectivity index (χ1n) is 7.33. The van der Waals surface area contributed by atoms with E-state index in [1.54, 1.807) is 0 Å². The number of carbonyl (C=O) groups is 1. The van der Waals surface area contributed by atoms with E-state index in [1.807, 2.05) is 0 Å². The van der Waals surface area contributed by atoms with Gasteiger partial charge in [-0.1, -0.05) is 0 Å². The van der Waals surface area contributed by atoms with Crippen molar-refractivity contribution >= 4 is 24.0 Å². The third kappa shape index (κ3) is 4.15. The molecule has 7 heteroatoms. The highest BCUT2D eigenvalue weighted by Crippen LogP contribution is 2.20. The van der Waals surface area contributed by atoms with E-state index in [1.165, 1.54) is 12.5 Å². The molecule has 2 N–H and O–H groups in total. The van der Waals surface area contributed by atoms with Crippen molar-refractivity contribution in [3.05, 3.63) is 29.8 Å². The van der Waals surface area contributed by atoms with Gasteiger partial charge in [0.05, 0.1) is 12.2 Å². The van der Waals surface area contributed by atoms with E-state index in [-0.39, 0.29) is 30.5 Å². The SMILES string of the molecule is Cl.O=C(CN1CCC2CCC(C1)N2)Nc1ccc(F)cc1F. The molecular weight excluding hydrogens is 312 g/mol. The van der Waals surface area contributed by atoms with Crippen LogP contribution in [0.25, 0.3) is 0 Å². The van der Waals surface area contributed by atoms with E-state index in [4.69, 9.17) is 0 Å². The number of nitrogens with zero attached hydrogens (tertiary/aromatic N) is 1. The molecule has 2 heterocycles. The van der Waals surface area contributed by atoms with E-state index in [0.29, 0.717) is 12.1 Å². The maximum Gasteiger partial charge on any atom is 0.238 e. The molecule has 2 unspecified atom stereocenters. The van der Waals surface area contributed by atoms with Gasteiger partial charge in [-0.15, -0.1) is 12.4 Å². The van der Waals surface area contributed by atoms with Crippen molar-refractivity contribution in [1.29, 1.82) is 0 Å². The number of benzene rings is 1. The van der Waals surface area contributed by atoms with Crippen LogP contribution >= 0.6 is 12.4 Å². The van der Waals surface area contributed by atoms with Gasteiger partial charge in [0, 0.05) is 31.2 Å². The zero-order valence-electron chi connectivity index (χ0n) is 12.1. The zero-order chi connectivity index (χ0) is 14.8. The van der Waals surface area contributed by atoms with Crippen LogP contribution in [0.5, 0.6) is 0 Å². The number of carbonyl (C=O) groups excluding carboxylic acids is 1. The zero-order valence-corrected chi connectivity index (χ0v) is 13.0. The van der Waals surface area contributed by atoms with Crippen LogP contribution in [0.1, 0.15) is 19.3 Å². The summed E-state index contributed by atoms with van der Waals surface area (Å²) in [5.41, 5.74) is 0.0240. The lowest BCUT2D eigenvalue weighted by Gasteiger charge is -2.23. The summed E-state index contributed by atoms with van der Waals surface area (Å²) < 4.78 is 26.3. The lowest BCUT2D eigenvalue weighted by Crippen LogP contribution is -2.39. The van der Waals surface area contributed by atoms with Gasteiger partial charge in [0.25, 0.3) is 0 Å². The molecule has 0 saturated carbocycles. The maximum atomic E-state index is 13.5. The van der Waals surface area contributed by atoms with E-state index in [0.717, 1.165) is 38.1 Å². The first-order chi connectivity index (χ1) is 10.1. The second kappa shape index (κ2) is 7.35. The summed E-state index contributed by atoms with van der Waals surface area (Å²) in [5.74, 6) is -1.67. The third-order valence-electron chi connectivity index (χ3n) is 4.18. The maximum absolute atomic E-state index is 13.5. The molecule has 2 aliphatic rings. The molecule has 2 bridgehead atoms. The minimum Gasteiger partial charge on any atom is -0.322 e.